The lowest BCUT2D eigenvalue weighted by atomic mass is 10.1. The molecule has 0 saturated heterocycles. The zero-order valence-electron chi connectivity index (χ0n) is 9.94. The molecule has 0 unspecified atom stereocenters. The predicted molar refractivity (Wildman–Crippen MR) is 62.2 cm³/mol. The van der Waals surface area contributed by atoms with Gasteiger partial charge in [-0.1, -0.05) is 12.8 Å². The minimum absolute atomic E-state index is 0.0972. The van der Waals surface area contributed by atoms with Gasteiger partial charge in [0.25, 0.3) is 5.91 Å². The van der Waals surface area contributed by atoms with Crippen molar-refractivity contribution >= 4 is 17.9 Å². The quantitative estimate of drug-likeness (QED) is 0.279. The van der Waals surface area contributed by atoms with Gasteiger partial charge in [0.2, 0.25) is 5.91 Å². The fourth-order valence-corrected chi connectivity index (χ4v) is 1.49. The van der Waals surface area contributed by atoms with Crippen molar-refractivity contribution in [1.29, 1.82) is 0 Å². The zero-order valence-corrected chi connectivity index (χ0v) is 9.94. The van der Waals surface area contributed by atoms with Gasteiger partial charge in [0.15, 0.2) is 0 Å². The predicted octanol–water partition coefficient (Wildman–Crippen LogP) is -1.08. The van der Waals surface area contributed by atoms with Gasteiger partial charge in [0, 0.05) is 13.0 Å². The summed E-state index contributed by atoms with van der Waals surface area (Å²) in [6.07, 6.45) is 1.42. The lowest BCUT2D eigenvalue weighted by molar-refractivity contribution is -0.124. The van der Waals surface area contributed by atoms with Crippen LogP contribution in [-0.2, 0) is 9.59 Å². The zero-order chi connectivity index (χ0) is 13.5. The van der Waals surface area contributed by atoms with Gasteiger partial charge in [-0.05, 0) is 12.3 Å². The van der Waals surface area contributed by atoms with Crippen LogP contribution in [0.5, 0.6) is 0 Å². The Labute approximate surface area is 104 Å². The van der Waals surface area contributed by atoms with Gasteiger partial charge in [-0.15, -0.1) is 0 Å². The summed E-state index contributed by atoms with van der Waals surface area (Å²) >= 11 is 0. The molecule has 0 heterocycles. The number of hydrogen-bond donors (Lipinski definition) is 5. The molecule has 1 aliphatic rings. The lowest BCUT2D eigenvalue weighted by Crippen LogP contribution is -2.51. The minimum atomic E-state index is -1.23. The first kappa shape index (κ1) is 14.2. The second-order valence-corrected chi connectivity index (χ2v) is 4.31. The average Bonchev–Trinajstić information content (AvgIpc) is 3.06. The van der Waals surface area contributed by atoms with Crippen LogP contribution in [0.2, 0.25) is 0 Å². The standard InChI is InChI=1S/C10H18N4O4/c11-8(15)3-4-12-14-9(16)7(13-10(17)18)5-6-1-2-6/h6-7,12-13H,1-5H2,(H2,11,15)(H,14,16)(H,17,18)/t7-/m0/s1. The molecule has 0 aliphatic heterocycles. The van der Waals surface area contributed by atoms with E-state index in [4.69, 9.17) is 10.8 Å². The summed E-state index contributed by atoms with van der Waals surface area (Å²) in [4.78, 5) is 32.7. The highest BCUT2D eigenvalue weighted by Crippen LogP contribution is 2.33. The van der Waals surface area contributed by atoms with E-state index in [9.17, 15) is 14.4 Å². The largest absolute Gasteiger partial charge is 0.465 e. The molecule has 0 bridgehead atoms. The maximum absolute atomic E-state index is 11.7. The second-order valence-electron chi connectivity index (χ2n) is 4.31. The summed E-state index contributed by atoms with van der Waals surface area (Å²) in [5, 5.41) is 10.8. The molecule has 1 saturated carbocycles. The van der Waals surface area contributed by atoms with Crippen molar-refractivity contribution in [3.63, 3.8) is 0 Å². The summed E-state index contributed by atoms with van der Waals surface area (Å²) in [6.45, 7) is 0.213. The number of carboxylic acid groups (broad SMARTS) is 1. The van der Waals surface area contributed by atoms with Crippen molar-refractivity contribution in [2.75, 3.05) is 6.54 Å². The number of nitrogens with two attached hydrogens (primary N) is 1. The molecular weight excluding hydrogens is 240 g/mol. The van der Waals surface area contributed by atoms with Crippen LogP contribution >= 0.6 is 0 Å². The number of hydrogen-bond acceptors (Lipinski definition) is 4. The number of rotatable bonds is 8. The Morgan fingerprint density at radius 1 is 1.33 bits per heavy atom. The first-order valence-corrected chi connectivity index (χ1v) is 5.79. The van der Waals surface area contributed by atoms with Crippen LogP contribution in [0.15, 0.2) is 0 Å². The smallest absolute Gasteiger partial charge is 0.405 e. The molecule has 3 amide bonds. The average molecular weight is 258 g/mol. The van der Waals surface area contributed by atoms with E-state index in [0.29, 0.717) is 12.3 Å². The molecule has 1 atom stereocenters. The van der Waals surface area contributed by atoms with Crippen molar-refractivity contribution in [3.8, 4) is 0 Å². The van der Waals surface area contributed by atoms with E-state index in [0.717, 1.165) is 12.8 Å². The van der Waals surface area contributed by atoms with Gasteiger partial charge in [-0.2, -0.15) is 0 Å². The minimum Gasteiger partial charge on any atom is -0.465 e. The molecular formula is C10H18N4O4. The summed E-state index contributed by atoms with van der Waals surface area (Å²) in [5.74, 6) is -0.512. The van der Waals surface area contributed by atoms with Gasteiger partial charge in [-0.25, -0.2) is 10.2 Å². The van der Waals surface area contributed by atoms with Crippen molar-refractivity contribution in [2.45, 2.75) is 31.7 Å². The fraction of sp³-hybridized carbons (Fsp3) is 0.700. The molecule has 1 aliphatic carbocycles. The number of amides is 3. The van der Waals surface area contributed by atoms with Crippen LogP contribution < -0.4 is 21.9 Å². The maximum atomic E-state index is 11.7. The fourth-order valence-electron chi connectivity index (χ4n) is 1.49. The molecule has 1 fully saturated rings. The molecule has 8 heteroatoms. The van der Waals surface area contributed by atoms with Crippen LogP contribution in [0.25, 0.3) is 0 Å². The Bertz CT molecular complexity index is 330. The van der Waals surface area contributed by atoms with E-state index < -0.39 is 23.9 Å². The van der Waals surface area contributed by atoms with E-state index in [2.05, 4.69) is 16.2 Å². The summed E-state index contributed by atoms with van der Waals surface area (Å²) in [5.41, 5.74) is 9.81. The highest BCUT2D eigenvalue weighted by Gasteiger charge is 2.30. The van der Waals surface area contributed by atoms with E-state index in [-0.39, 0.29) is 13.0 Å². The Morgan fingerprint density at radius 2 is 2.00 bits per heavy atom. The van der Waals surface area contributed by atoms with E-state index in [1.54, 1.807) is 0 Å². The number of nitrogens with one attached hydrogen (secondary N) is 3. The highest BCUT2D eigenvalue weighted by molar-refractivity contribution is 5.84. The van der Waals surface area contributed by atoms with E-state index in [1.807, 2.05) is 0 Å². The number of carbonyl (C=O) groups excluding carboxylic acids is 2. The third-order valence-electron chi connectivity index (χ3n) is 2.59. The normalized spacial score (nSPS) is 15.8. The third-order valence-corrected chi connectivity index (χ3v) is 2.59. The van der Waals surface area contributed by atoms with Crippen molar-refractivity contribution in [1.82, 2.24) is 16.2 Å². The Balaban J connectivity index is 2.28. The van der Waals surface area contributed by atoms with Gasteiger partial charge >= 0.3 is 6.09 Å². The number of carbonyl (C=O) groups is 3. The highest BCUT2D eigenvalue weighted by atomic mass is 16.4. The number of hydrazine groups is 1. The van der Waals surface area contributed by atoms with E-state index in [1.165, 1.54) is 0 Å². The molecule has 1 rings (SSSR count). The molecule has 8 nitrogen and oxygen atoms in total. The van der Waals surface area contributed by atoms with Crippen LogP contribution in [-0.4, -0.2) is 35.6 Å². The van der Waals surface area contributed by atoms with Crippen LogP contribution in [0, 0.1) is 5.92 Å². The monoisotopic (exact) mass is 258 g/mol. The van der Waals surface area contributed by atoms with Crippen molar-refractivity contribution < 1.29 is 19.5 Å². The molecule has 0 aromatic carbocycles. The van der Waals surface area contributed by atoms with E-state index >= 15 is 0 Å². The van der Waals surface area contributed by atoms with Crippen LogP contribution in [0.1, 0.15) is 25.7 Å². The van der Waals surface area contributed by atoms with Gasteiger partial charge in [-0.3, -0.25) is 15.0 Å². The van der Waals surface area contributed by atoms with Crippen molar-refractivity contribution in [3.05, 3.63) is 0 Å². The van der Waals surface area contributed by atoms with Gasteiger partial charge < -0.3 is 16.2 Å². The van der Waals surface area contributed by atoms with Gasteiger partial charge in [0.1, 0.15) is 6.04 Å². The second kappa shape index (κ2) is 6.80. The Morgan fingerprint density at radius 3 is 2.50 bits per heavy atom. The third kappa shape index (κ3) is 6.04. The van der Waals surface area contributed by atoms with Gasteiger partial charge in [0.05, 0.1) is 0 Å². The lowest BCUT2D eigenvalue weighted by Gasteiger charge is -2.16. The molecule has 0 aromatic rings. The first-order valence-electron chi connectivity index (χ1n) is 5.79. The summed E-state index contributed by atoms with van der Waals surface area (Å²) in [6, 6.07) is -0.768. The Hall–Kier alpha value is -1.83. The molecule has 0 aromatic heterocycles. The first-order chi connectivity index (χ1) is 8.49. The molecule has 0 radical (unpaired) electrons. The maximum Gasteiger partial charge on any atom is 0.405 e. The SMILES string of the molecule is NC(=O)CCNNC(=O)[C@H](CC1CC1)NC(=O)O. The Kier molecular flexibility index (Phi) is 5.37. The van der Waals surface area contributed by atoms with Crippen LogP contribution in [0.3, 0.4) is 0 Å². The van der Waals surface area contributed by atoms with Crippen molar-refractivity contribution in [2.24, 2.45) is 11.7 Å². The summed E-state index contributed by atoms with van der Waals surface area (Å²) in [7, 11) is 0. The molecule has 102 valence electrons. The molecule has 0 spiro atoms. The molecule has 18 heavy (non-hydrogen) atoms. The summed E-state index contributed by atoms with van der Waals surface area (Å²) < 4.78 is 0. The number of primary amides is 1. The van der Waals surface area contributed by atoms with Crippen LogP contribution in [0.4, 0.5) is 4.79 Å². The topological polar surface area (TPSA) is 134 Å². The molecule has 6 N–H and O–H groups in total.